The number of carbonyl (C=O) groups excluding carboxylic acids is 1. The Bertz CT molecular complexity index is 473. The van der Waals surface area contributed by atoms with E-state index < -0.39 is 0 Å². The molecule has 0 radical (unpaired) electrons. The number of nitrogens with one attached hydrogen (secondary N) is 1. The third-order valence-corrected chi connectivity index (χ3v) is 2.67. The number of ether oxygens (including phenoxy) is 2. The first kappa shape index (κ1) is 17.0. The Morgan fingerprint density at radius 2 is 2.19 bits per heavy atom. The highest BCUT2D eigenvalue weighted by atomic mass is 16.5. The van der Waals surface area contributed by atoms with Gasteiger partial charge in [0, 0.05) is 12.6 Å². The van der Waals surface area contributed by atoms with Crippen LogP contribution in [0.1, 0.15) is 19.4 Å². The second-order valence-electron chi connectivity index (χ2n) is 4.78. The molecule has 0 heterocycles. The maximum atomic E-state index is 11.5. The van der Waals surface area contributed by atoms with Crippen LogP contribution in [0.25, 0.3) is 0 Å². The topological polar surface area (TPSA) is 73.6 Å². The Labute approximate surface area is 126 Å². The summed E-state index contributed by atoms with van der Waals surface area (Å²) in [4.78, 5) is 11.5. The molecule has 5 nitrogen and oxygen atoms in total. The van der Waals surface area contributed by atoms with Crippen LogP contribution in [0.2, 0.25) is 0 Å². The van der Waals surface area contributed by atoms with E-state index in [0.717, 1.165) is 12.0 Å². The third-order valence-electron chi connectivity index (χ3n) is 2.67. The van der Waals surface area contributed by atoms with Crippen molar-refractivity contribution >= 4 is 5.91 Å². The third kappa shape index (κ3) is 6.31. The molecule has 116 valence electrons. The van der Waals surface area contributed by atoms with E-state index in [-0.39, 0.29) is 18.6 Å². The quantitative estimate of drug-likeness (QED) is 0.679. The first-order chi connectivity index (χ1) is 10.1. The average Bonchev–Trinajstić information content (AvgIpc) is 2.44. The lowest BCUT2D eigenvalue weighted by Gasteiger charge is -2.14. The van der Waals surface area contributed by atoms with Gasteiger partial charge < -0.3 is 20.5 Å². The summed E-state index contributed by atoms with van der Waals surface area (Å²) in [6.45, 7) is 8.29. The fourth-order valence-electron chi connectivity index (χ4n) is 1.82. The molecule has 0 saturated carbocycles. The highest BCUT2D eigenvalue weighted by Gasteiger charge is 2.09. The predicted octanol–water partition coefficient (Wildman–Crippen LogP) is 1.66. The number of nitrogens with two attached hydrogens (primary N) is 1. The van der Waals surface area contributed by atoms with Crippen LogP contribution in [0.5, 0.6) is 11.5 Å². The van der Waals surface area contributed by atoms with Gasteiger partial charge >= 0.3 is 0 Å². The van der Waals surface area contributed by atoms with E-state index in [0.29, 0.717) is 24.7 Å². The number of hydrogen-bond donors (Lipinski definition) is 2. The van der Waals surface area contributed by atoms with Crippen LogP contribution in [-0.2, 0) is 11.2 Å². The van der Waals surface area contributed by atoms with Crippen molar-refractivity contribution in [3.8, 4) is 11.5 Å². The molecule has 1 aromatic carbocycles. The van der Waals surface area contributed by atoms with Crippen molar-refractivity contribution in [2.24, 2.45) is 5.73 Å². The average molecular weight is 292 g/mol. The highest BCUT2D eigenvalue weighted by molar-refractivity contribution is 5.77. The molecule has 1 aromatic rings. The van der Waals surface area contributed by atoms with Gasteiger partial charge in [-0.3, -0.25) is 4.79 Å². The van der Waals surface area contributed by atoms with Crippen molar-refractivity contribution in [3.63, 3.8) is 0 Å². The van der Waals surface area contributed by atoms with Crippen LogP contribution in [0.3, 0.4) is 0 Å². The van der Waals surface area contributed by atoms with Gasteiger partial charge in [0.25, 0.3) is 5.91 Å². The zero-order chi connectivity index (χ0) is 15.7. The van der Waals surface area contributed by atoms with Crippen molar-refractivity contribution in [3.05, 3.63) is 36.4 Å². The van der Waals surface area contributed by atoms with Gasteiger partial charge in [0.05, 0.1) is 6.61 Å². The van der Waals surface area contributed by atoms with Gasteiger partial charge in [-0.05, 0) is 38.0 Å². The molecule has 0 saturated heterocycles. The lowest BCUT2D eigenvalue weighted by atomic mass is 10.1. The van der Waals surface area contributed by atoms with Crippen molar-refractivity contribution in [1.82, 2.24) is 5.32 Å². The maximum Gasteiger partial charge on any atom is 0.258 e. The normalized spacial score (nSPS) is 11.6. The number of amides is 1. The number of benzene rings is 1. The van der Waals surface area contributed by atoms with E-state index in [2.05, 4.69) is 11.9 Å². The summed E-state index contributed by atoms with van der Waals surface area (Å²) in [5.74, 6) is 0.989. The van der Waals surface area contributed by atoms with Gasteiger partial charge in [-0.2, -0.15) is 0 Å². The molecule has 21 heavy (non-hydrogen) atoms. The fourth-order valence-corrected chi connectivity index (χ4v) is 1.82. The zero-order valence-electron chi connectivity index (χ0n) is 12.7. The summed E-state index contributed by atoms with van der Waals surface area (Å²) >= 11 is 0. The molecule has 3 N–H and O–H groups in total. The monoisotopic (exact) mass is 292 g/mol. The Balaban J connectivity index is 2.71. The molecule has 0 aromatic heterocycles. The lowest BCUT2D eigenvalue weighted by molar-refractivity contribution is -0.122. The van der Waals surface area contributed by atoms with Crippen LogP contribution in [-0.4, -0.2) is 31.7 Å². The molecule has 1 unspecified atom stereocenters. The summed E-state index contributed by atoms with van der Waals surface area (Å²) < 4.78 is 11.1. The first-order valence-corrected chi connectivity index (χ1v) is 7.08. The van der Waals surface area contributed by atoms with Crippen molar-refractivity contribution < 1.29 is 14.3 Å². The SMILES string of the molecule is C=CCNC(=O)COc1ccc(CC(C)N)cc1OCC. The smallest absolute Gasteiger partial charge is 0.258 e. The number of carbonyl (C=O) groups is 1. The summed E-state index contributed by atoms with van der Waals surface area (Å²) in [6, 6.07) is 5.73. The first-order valence-electron chi connectivity index (χ1n) is 7.08. The minimum absolute atomic E-state index is 0.0550. The van der Waals surface area contributed by atoms with Gasteiger partial charge in [-0.25, -0.2) is 0 Å². The van der Waals surface area contributed by atoms with E-state index in [4.69, 9.17) is 15.2 Å². The Morgan fingerprint density at radius 3 is 2.81 bits per heavy atom. The van der Waals surface area contributed by atoms with Crippen LogP contribution >= 0.6 is 0 Å². The molecule has 5 heteroatoms. The van der Waals surface area contributed by atoms with Gasteiger partial charge in [-0.15, -0.1) is 6.58 Å². The molecule has 0 fully saturated rings. The molecule has 0 aliphatic rings. The van der Waals surface area contributed by atoms with Gasteiger partial charge in [0.15, 0.2) is 18.1 Å². The molecule has 1 amide bonds. The minimum Gasteiger partial charge on any atom is -0.490 e. The molecular formula is C16H24N2O3. The standard InChI is InChI=1S/C16H24N2O3/c1-4-8-18-16(19)11-21-14-7-6-13(9-12(3)17)10-15(14)20-5-2/h4,6-7,10,12H,1,5,8-9,11,17H2,2-3H3,(H,18,19). The molecular weight excluding hydrogens is 268 g/mol. The highest BCUT2D eigenvalue weighted by Crippen LogP contribution is 2.28. The van der Waals surface area contributed by atoms with E-state index >= 15 is 0 Å². The summed E-state index contributed by atoms with van der Waals surface area (Å²) in [6.07, 6.45) is 2.38. The Hall–Kier alpha value is -2.01. The Morgan fingerprint density at radius 1 is 1.43 bits per heavy atom. The molecule has 0 aliphatic carbocycles. The summed E-state index contributed by atoms with van der Waals surface area (Å²) in [5.41, 5.74) is 6.88. The van der Waals surface area contributed by atoms with E-state index in [1.807, 2.05) is 32.0 Å². The van der Waals surface area contributed by atoms with Crippen molar-refractivity contribution in [2.45, 2.75) is 26.3 Å². The second-order valence-corrected chi connectivity index (χ2v) is 4.78. The molecule has 1 atom stereocenters. The van der Waals surface area contributed by atoms with Crippen LogP contribution < -0.4 is 20.5 Å². The lowest BCUT2D eigenvalue weighted by Crippen LogP contribution is -2.28. The predicted molar refractivity (Wildman–Crippen MR) is 83.7 cm³/mol. The maximum absolute atomic E-state index is 11.5. The minimum atomic E-state index is -0.197. The number of hydrogen-bond acceptors (Lipinski definition) is 4. The zero-order valence-corrected chi connectivity index (χ0v) is 12.7. The summed E-state index contributed by atoms with van der Waals surface area (Å²) in [7, 11) is 0. The van der Waals surface area contributed by atoms with E-state index in [1.54, 1.807) is 6.08 Å². The molecule has 1 rings (SSSR count). The van der Waals surface area contributed by atoms with E-state index in [1.165, 1.54) is 0 Å². The molecule has 0 aliphatic heterocycles. The molecule has 0 spiro atoms. The summed E-state index contributed by atoms with van der Waals surface area (Å²) in [5, 5.41) is 2.65. The van der Waals surface area contributed by atoms with E-state index in [9.17, 15) is 4.79 Å². The van der Waals surface area contributed by atoms with Crippen LogP contribution in [0.15, 0.2) is 30.9 Å². The molecule has 0 bridgehead atoms. The second kappa shape index (κ2) is 9.02. The van der Waals surface area contributed by atoms with Crippen molar-refractivity contribution in [1.29, 1.82) is 0 Å². The van der Waals surface area contributed by atoms with Crippen LogP contribution in [0.4, 0.5) is 0 Å². The number of rotatable bonds is 9. The fraction of sp³-hybridized carbons (Fsp3) is 0.438. The largest absolute Gasteiger partial charge is 0.490 e. The van der Waals surface area contributed by atoms with Gasteiger partial charge in [0.2, 0.25) is 0 Å². The Kier molecular flexibility index (Phi) is 7.32. The van der Waals surface area contributed by atoms with Gasteiger partial charge in [-0.1, -0.05) is 12.1 Å². The van der Waals surface area contributed by atoms with Crippen molar-refractivity contribution in [2.75, 3.05) is 19.8 Å². The van der Waals surface area contributed by atoms with Gasteiger partial charge in [0.1, 0.15) is 0 Å². The van der Waals surface area contributed by atoms with Crippen LogP contribution in [0, 0.1) is 0 Å².